The van der Waals surface area contributed by atoms with E-state index in [4.69, 9.17) is 14.9 Å². The first-order chi connectivity index (χ1) is 11.5. The molecule has 0 bridgehead atoms. The lowest BCUT2D eigenvalue weighted by Gasteiger charge is -2.43. The fraction of sp³-hybridized carbons (Fsp3) is 0.556. The minimum atomic E-state index is -1.26. The van der Waals surface area contributed by atoms with Gasteiger partial charge in [0.1, 0.15) is 6.10 Å². The van der Waals surface area contributed by atoms with E-state index in [2.05, 4.69) is 38.2 Å². The Labute approximate surface area is 148 Å². The van der Waals surface area contributed by atoms with Gasteiger partial charge < -0.3 is 25.4 Å². The first-order valence-electron chi connectivity index (χ1n) is 8.01. The number of methoxy groups -OCH3 is 1. The third kappa shape index (κ3) is 8.62. The number of carboxylic acids is 2. The van der Waals surface area contributed by atoms with E-state index >= 15 is 0 Å². The first-order valence-corrected chi connectivity index (χ1v) is 8.01. The van der Waals surface area contributed by atoms with Crippen molar-refractivity contribution in [2.75, 3.05) is 7.11 Å². The first kappa shape index (κ1) is 23.0. The lowest BCUT2D eigenvalue weighted by Crippen LogP contribution is -2.60. The summed E-state index contributed by atoms with van der Waals surface area (Å²) in [7, 11) is 1.66. The molecule has 0 aromatic heterocycles. The smallest absolute Gasteiger partial charge is 0.328 e. The zero-order valence-electron chi connectivity index (χ0n) is 15.4. The average molecular weight is 355 g/mol. The van der Waals surface area contributed by atoms with Crippen molar-refractivity contribution in [1.82, 2.24) is 5.32 Å². The summed E-state index contributed by atoms with van der Waals surface area (Å²) in [6, 6.07) is 0.335. The molecule has 0 spiro atoms. The van der Waals surface area contributed by atoms with Crippen LogP contribution in [0.2, 0.25) is 0 Å². The Morgan fingerprint density at radius 1 is 1.24 bits per heavy atom. The van der Waals surface area contributed by atoms with Crippen LogP contribution in [0.1, 0.15) is 34.1 Å². The number of hydrogen-bond donors (Lipinski definition) is 4. The summed E-state index contributed by atoms with van der Waals surface area (Å²) in [5.41, 5.74) is 0.985. The van der Waals surface area contributed by atoms with Crippen molar-refractivity contribution in [3.63, 3.8) is 0 Å². The molecule has 0 aromatic rings. The number of allylic oxidation sites excluding steroid dienone is 2. The summed E-state index contributed by atoms with van der Waals surface area (Å²) in [4.78, 5) is 19.1. The second-order valence-electron chi connectivity index (χ2n) is 6.30. The number of aliphatic hydroxyl groups is 1. The Kier molecular flexibility index (Phi) is 9.96. The molecule has 0 saturated heterocycles. The Bertz CT molecular complexity index is 520. The molecule has 3 unspecified atom stereocenters. The third-order valence-electron chi connectivity index (χ3n) is 3.47. The van der Waals surface area contributed by atoms with Crippen LogP contribution in [0.25, 0.3) is 0 Å². The molecule has 1 aliphatic carbocycles. The Morgan fingerprint density at radius 2 is 1.76 bits per heavy atom. The summed E-state index contributed by atoms with van der Waals surface area (Å²) < 4.78 is 5.51. The molecular weight excluding hydrogens is 326 g/mol. The van der Waals surface area contributed by atoms with Crippen LogP contribution in [0.3, 0.4) is 0 Å². The summed E-state index contributed by atoms with van der Waals surface area (Å²) in [6.07, 6.45) is 7.49. The van der Waals surface area contributed by atoms with Crippen LogP contribution in [-0.2, 0) is 14.3 Å². The molecule has 0 aliphatic heterocycles. The molecule has 0 heterocycles. The number of carbonyl (C=O) groups is 2. The molecule has 0 amide bonds. The molecule has 3 atom stereocenters. The van der Waals surface area contributed by atoms with E-state index in [0.29, 0.717) is 18.2 Å². The van der Waals surface area contributed by atoms with E-state index in [1.807, 2.05) is 6.08 Å². The summed E-state index contributed by atoms with van der Waals surface area (Å²) in [6.45, 7) is 8.10. The Morgan fingerprint density at radius 3 is 2.08 bits per heavy atom. The molecule has 25 heavy (non-hydrogen) atoms. The van der Waals surface area contributed by atoms with Gasteiger partial charge in [0.15, 0.2) is 0 Å². The topological polar surface area (TPSA) is 116 Å². The minimum Gasteiger partial charge on any atom is -0.478 e. The van der Waals surface area contributed by atoms with E-state index in [-0.39, 0.29) is 11.6 Å². The van der Waals surface area contributed by atoms with E-state index in [1.165, 1.54) is 5.57 Å². The summed E-state index contributed by atoms with van der Waals surface area (Å²) in [5, 5.41) is 29.1. The molecule has 1 aliphatic rings. The second-order valence-corrected chi connectivity index (χ2v) is 6.30. The van der Waals surface area contributed by atoms with Gasteiger partial charge in [-0.05, 0) is 34.1 Å². The van der Waals surface area contributed by atoms with Gasteiger partial charge in [0.25, 0.3) is 0 Å². The van der Waals surface area contributed by atoms with E-state index in [1.54, 1.807) is 14.0 Å². The van der Waals surface area contributed by atoms with Crippen molar-refractivity contribution in [2.24, 2.45) is 0 Å². The van der Waals surface area contributed by atoms with Gasteiger partial charge in [-0.2, -0.15) is 0 Å². The second kappa shape index (κ2) is 10.8. The van der Waals surface area contributed by atoms with Gasteiger partial charge in [0.05, 0.1) is 11.6 Å². The number of aliphatic hydroxyl groups excluding tert-OH is 1. The fourth-order valence-electron chi connectivity index (χ4n) is 2.86. The molecule has 142 valence electrons. The van der Waals surface area contributed by atoms with Gasteiger partial charge in [-0.1, -0.05) is 23.8 Å². The predicted octanol–water partition coefficient (Wildman–Crippen LogP) is 1.74. The molecule has 0 aromatic carbocycles. The zero-order chi connectivity index (χ0) is 19.6. The highest BCUT2D eigenvalue weighted by atomic mass is 16.5. The van der Waals surface area contributed by atoms with Crippen LogP contribution in [0, 0.1) is 0 Å². The quantitative estimate of drug-likeness (QED) is 0.514. The standard InChI is InChI=1S/C14H25NO2.C4H4O4/c1-10(2)15-14(13(17-5)12(4)16)8-6-7-11(3)9-14;5-3(6)1-2-4(7)8/h6-8,10,12-13,15-16H,9H2,1-5H3;1-2H,(H,5,6)(H,7,8). The van der Waals surface area contributed by atoms with Crippen LogP contribution in [0.4, 0.5) is 0 Å². The van der Waals surface area contributed by atoms with Gasteiger partial charge >= 0.3 is 11.9 Å². The number of carboxylic acid groups (broad SMARTS) is 2. The number of aliphatic carboxylic acids is 2. The summed E-state index contributed by atoms with van der Waals surface area (Å²) in [5.74, 6) is -2.51. The Hall–Kier alpha value is -1.96. The van der Waals surface area contributed by atoms with Crippen LogP contribution < -0.4 is 5.32 Å². The lowest BCUT2D eigenvalue weighted by atomic mass is 9.79. The van der Waals surface area contributed by atoms with Crippen molar-refractivity contribution in [1.29, 1.82) is 0 Å². The molecular formula is C18H29NO6. The average Bonchev–Trinajstić information content (AvgIpc) is 2.45. The molecule has 0 saturated carbocycles. The SMILES string of the molecule is COC(C(C)O)C1(NC(C)C)C=CC=C(C)C1.O=C(O)C=CC(=O)O. The van der Waals surface area contributed by atoms with Crippen molar-refractivity contribution in [3.8, 4) is 0 Å². The summed E-state index contributed by atoms with van der Waals surface area (Å²) >= 11 is 0. The maximum atomic E-state index is 9.91. The largest absolute Gasteiger partial charge is 0.478 e. The van der Waals surface area contributed by atoms with E-state index in [9.17, 15) is 14.7 Å². The van der Waals surface area contributed by atoms with Gasteiger partial charge in [0.2, 0.25) is 0 Å². The number of hydrogen-bond acceptors (Lipinski definition) is 5. The number of rotatable bonds is 7. The molecule has 0 radical (unpaired) electrons. The maximum absolute atomic E-state index is 9.91. The van der Waals surface area contributed by atoms with Crippen molar-refractivity contribution >= 4 is 11.9 Å². The van der Waals surface area contributed by atoms with Crippen LogP contribution in [0.15, 0.2) is 36.0 Å². The minimum absolute atomic E-state index is 0.246. The maximum Gasteiger partial charge on any atom is 0.328 e. The lowest BCUT2D eigenvalue weighted by molar-refractivity contribution is -0.134. The monoisotopic (exact) mass is 355 g/mol. The van der Waals surface area contributed by atoms with Crippen molar-refractivity contribution in [3.05, 3.63) is 36.0 Å². The third-order valence-corrected chi connectivity index (χ3v) is 3.47. The molecule has 0 fully saturated rings. The zero-order valence-corrected chi connectivity index (χ0v) is 15.4. The normalized spacial score (nSPS) is 22.1. The van der Waals surface area contributed by atoms with Crippen molar-refractivity contribution < 1.29 is 29.6 Å². The van der Waals surface area contributed by atoms with E-state index < -0.39 is 18.0 Å². The van der Waals surface area contributed by atoms with Gasteiger partial charge in [0, 0.05) is 25.3 Å². The van der Waals surface area contributed by atoms with Gasteiger partial charge in [-0.25, -0.2) is 9.59 Å². The van der Waals surface area contributed by atoms with Gasteiger partial charge in [-0.3, -0.25) is 0 Å². The van der Waals surface area contributed by atoms with Gasteiger partial charge in [-0.15, -0.1) is 0 Å². The number of nitrogens with one attached hydrogen (secondary N) is 1. The highest BCUT2D eigenvalue weighted by Crippen LogP contribution is 2.30. The van der Waals surface area contributed by atoms with Crippen molar-refractivity contribution in [2.45, 2.75) is 57.9 Å². The van der Waals surface area contributed by atoms with Crippen LogP contribution in [0.5, 0.6) is 0 Å². The molecule has 7 nitrogen and oxygen atoms in total. The van der Waals surface area contributed by atoms with E-state index in [0.717, 1.165) is 6.42 Å². The Balaban J connectivity index is 0.000000609. The fourth-order valence-corrected chi connectivity index (χ4v) is 2.86. The number of ether oxygens (including phenoxy) is 1. The highest BCUT2D eigenvalue weighted by molar-refractivity contribution is 5.89. The predicted molar refractivity (Wildman–Crippen MR) is 95.4 cm³/mol. The molecule has 7 heteroatoms. The highest BCUT2D eigenvalue weighted by Gasteiger charge is 2.40. The molecule has 1 rings (SSSR count). The van der Waals surface area contributed by atoms with Crippen LogP contribution >= 0.6 is 0 Å². The van der Waals surface area contributed by atoms with Crippen LogP contribution in [-0.4, -0.2) is 58.2 Å². The molecule has 4 N–H and O–H groups in total.